The number of hydrogen-bond acceptors (Lipinski definition) is 5. The van der Waals surface area contributed by atoms with Crippen molar-refractivity contribution in [2.45, 2.75) is 105 Å². The van der Waals surface area contributed by atoms with Crippen molar-refractivity contribution in [3.63, 3.8) is 0 Å². The van der Waals surface area contributed by atoms with Crippen LogP contribution in [-0.4, -0.2) is 34.1 Å². The summed E-state index contributed by atoms with van der Waals surface area (Å²) in [6.07, 6.45) is 4.36. The minimum atomic E-state index is -1.01. The van der Waals surface area contributed by atoms with Crippen LogP contribution in [0.4, 0.5) is 0 Å². The zero-order chi connectivity index (χ0) is 22.5. The molecule has 168 valence electrons. The second kappa shape index (κ2) is 13.3. The molecule has 0 spiro atoms. The fourth-order valence-electron chi connectivity index (χ4n) is 4.27. The van der Waals surface area contributed by atoms with Crippen molar-refractivity contribution in [1.82, 2.24) is 0 Å². The second-order valence-corrected chi connectivity index (χ2v) is 8.03. The molecule has 0 fully saturated rings. The Kier molecular flexibility index (Phi) is 12.4. The Bertz CT molecular complexity index is 493. The lowest BCUT2D eigenvalue weighted by Gasteiger charge is -2.34. The largest absolute Gasteiger partial charge is 0.481 e. The molecule has 0 bridgehead atoms. The monoisotopic (exact) mass is 414 g/mol. The normalized spacial score (nSPS) is 11.9. The van der Waals surface area contributed by atoms with Gasteiger partial charge in [-0.25, -0.2) is 0 Å². The highest BCUT2D eigenvalue weighted by Gasteiger charge is 2.44. The van der Waals surface area contributed by atoms with Gasteiger partial charge in [0, 0.05) is 12.8 Å². The van der Waals surface area contributed by atoms with Crippen molar-refractivity contribution in [1.29, 1.82) is 0 Å². The fraction of sp³-hybridized carbons (Fsp3) is 0.818. The van der Waals surface area contributed by atoms with Crippen molar-refractivity contribution >= 4 is 23.9 Å². The summed E-state index contributed by atoms with van der Waals surface area (Å²) in [7, 11) is 0. The molecule has 0 aliphatic rings. The molecular weight excluding hydrogens is 376 g/mol. The van der Waals surface area contributed by atoms with Crippen LogP contribution in [0, 0.1) is 10.8 Å². The van der Waals surface area contributed by atoms with Gasteiger partial charge in [-0.2, -0.15) is 0 Å². The molecule has 0 saturated carbocycles. The van der Waals surface area contributed by atoms with Crippen molar-refractivity contribution in [2.75, 3.05) is 0 Å². The van der Waals surface area contributed by atoms with Gasteiger partial charge in [0.25, 0.3) is 0 Å². The molecule has 0 rings (SSSR count). The van der Waals surface area contributed by atoms with Gasteiger partial charge in [-0.1, -0.05) is 53.4 Å². The molecule has 0 saturated heterocycles. The van der Waals surface area contributed by atoms with Crippen LogP contribution in [0.25, 0.3) is 0 Å². The fourth-order valence-corrected chi connectivity index (χ4v) is 4.27. The first-order valence-corrected chi connectivity index (χ1v) is 10.8. The number of rotatable bonds is 16. The van der Waals surface area contributed by atoms with Crippen LogP contribution < -0.4 is 0 Å². The summed E-state index contributed by atoms with van der Waals surface area (Å²) in [6.45, 7) is 7.63. The zero-order valence-electron chi connectivity index (χ0n) is 18.4. The Hall–Kier alpha value is -1.92. The van der Waals surface area contributed by atoms with Gasteiger partial charge < -0.3 is 14.9 Å². The van der Waals surface area contributed by atoms with E-state index in [0.29, 0.717) is 51.4 Å². The van der Waals surface area contributed by atoms with Crippen LogP contribution in [-0.2, 0) is 23.9 Å². The maximum Gasteiger partial charge on any atom is 0.319 e. The van der Waals surface area contributed by atoms with E-state index < -0.39 is 34.7 Å². The molecule has 0 atom stereocenters. The van der Waals surface area contributed by atoms with Crippen LogP contribution in [0.15, 0.2) is 0 Å². The minimum Gasteiger partial charge on any atom is -0.481 e. The van der Waals surface area contributed by atoms with Gasteiger partial charge in [-0.05, 0) is 38.5 Å². The van der Waals surface area contributed by atoms with Crippen LogP contribution in [0.5, 0.6) is 0 Å². The highest BCUT2D eigenvalue weighted by molar-refractivity contribution is 5.92. The zero-order valence-corrected chi connectivity index (χ0v) is 18.4. The molecule has 2 N–H and O–H groups in total. The van der Waals surface area contributed by atoms with E-state index in [4.69, 9.17) is 14.9 Å². The first kappa shape index (κ1) is 27.1. The third kappa shape index (κ3) is 8.54. The van der Waals surface area contributed by atoms with Crippen molar-refractivity contribution < 1.29 is 34.1 Å². The van der Waals surface area contributed by atoms with Gasteiger partial charge in [-0.3, -0.25) is 19.2 Å². The number of carboxylic acids is 2. The molecule has 0 aromatic heterocycles. The van der Waals surface area contributed by atoms with Crippen LogP contribution in [0.1, 0.15) is 105 Å². The van der Waals surface area contributed by atoms with Gasteiger partial charge in [0.15, 0.2) is 0 Å². The van der Waals surface area contributed by atoms with E-state index in [1.807, 2.05) is 27.7 Å². The third-order valence-electron chi connectivity index (χ3n) is 5.60. The minimum absolute atomic E-state index is 0.125. The molecule has 0 aromatic rings. The quantitative estimate of drug-likeness (QED) is 0.271. The van der Waals surface area contributed by atoms with E-state index in [-0.39, 0.29) is 25.7 Å². The number of esters is 2. The van der Waals surface area contributed by atoms with E-state index in [0.717, 1.165) is 0 Å². The Labute approximate surface area is 174 Å². The number of carbonyl (C=O) groups excluding carboxylic acids is 2. The average molecular weight is 415 g/mol. The Morgan fingerprint density at radius 3 is 1.07 bits per heavy atom. The molecule has 0 aliphatic heterocycles. The first-order valence-electron chi connectivity index (χ1n) is 10.8. The number of hydrogen-bond donors (Lipinski definition) is 2. The lowest BCUT2D eigenvalue weighted by molar-refractivity contribution is -0.176. The number of carboxylic acid groups (broad SMARTS) is 2. The predicted molar refractivity (Wildman–Crippen MR) is 109 cm³/mol. The van der Waals surface area contributed by atoms with Gasteiger partial charge in [-0.15, -0.1) is 0 Å². The van der Waals surface area contributed by atoms with E-state index >= 15 is 0 Å². The topological polar surface area (TPSA) is 118 Å². The molecule has 7 nitrogen and oxygen atoms in total. The number of ether oxygens (including phenoxy) is 1. The summed E-state index contributed by atoms with van der Waals surface area (Å²) in [5, 5.41) is 18.2. The summed E-state index contributed by atoms with van der Waals surface area (Å²) in [5.41, 5.74) is -2.01. The molecule has 0 radical (unpaired) electrons. The Balaban J connectivity index is 5.75. The van der Waals surface area contributed by atoms with Crippen molar-refractivity contribution in [3.8, 4) is 0 Å². The van der Waals surface area contributed by atoms with Crippen LogP contribution in [0.3, 0.4) is 0 Å². The summed E-state index contributed by atoms with van der Waals surface area (Å²) >= 11 is 0. The molecule has 0 aliphatic carbocycles. The summed E-state index contributed by atoms with van der Waals surface area (Å²) < 4.78 is 5.39. The molecule has 0 unspecified atom stereocenters. The number of carbonyl (C=O) groups is 4. The smallest absolute Gasteiger partial charge is 0.319 e. The molecule has 0 amide bonds. The molecule has 7 heteroatoms. The van der Waals surface area contributed by atoms with Gasteiger partial charge in [0.1, 0.15) is 0 Å². The molecular formula is C22H38O7. The Morgan fingerprint density at radius 1 is 0.586 bits per heavy atom. The highest BCUT2D eigenvalue weighted by Crippen LogP contribution is 2.40. The molecule has 0 aromatic carbocycles. The van der Waals surface area contributed by atoms with E-state index in [1.54, 1.807) is 0 Å². The standard InChI is InChI=1S/C22H38O7/c1-5-11-21(12-6-2,15-9-17(23)24)19(27)29-20(28)22(13-7-3,14-8-4)16-10-18(25)26/h5-16H2,1-4H3,(H,23,24)(H,25,26). The van der Waals surface area contributed by atoms with Crippen LogP contribution >= 0.6 is 0 Å². The molecule has 29 heavy (non-hydrogen) atoms. The summed E-state index contributed by atoms with van der Waals surface area (Å²) in [5.74, 6) is -3.32. The van der Waals surface area contributed by atoms with Gasteiger partial charge in [0.2, 0.25) is 0 Å². The SMILES string of the molecule is CCCC(CCC)(CCC(=O)O)C(=O)OC(=O)C(CCC)(CCC)CCC(=O)O. The highest BCUT2D eigenvalue weighted by atomic mass is 16.6. The molecule has 0 heterocycles. The maximum absolute atomic E-state index is 13.1. The van der Waals surface area contributed by atoms with Crippen molar-refractivity contribution in [2.24, 2.45) is 10.8 Å². The van der Waals surface area contributed by atoms with E-state index in [1.165, 1.54) is 0 Å². The lowest BCUT2D eigenvalue weighted by Crippen LogP contribution is -2.41. The number of aliphatic carboxylic acids is 2. The van der Waals surface area contributed by atoms with Crippen LogP contribution in [0.2, 0.25) is 0 Å². The summed E-state index contributed by atoms with van der Waals surface area (Å²) in [6, 6.07) is 0. The maximum atomic E-state index is 13.1. The van der Waals surface area contributed by atoms with Gasteiger partial charge >= 0.3 is 23.9 Å². The van der Waals surface area contributed by atoms with E-state index in [2.05, 4.69) is 0 Å². The summed E-state index contributed by atoms with van der Waals surface area (Å²) in [4.78, 5) is 48.4. The Morgan fingerprint density at radius 2 is 0.862 bits per heavy atom. The average Bonchev–Trinajstić information content (AvgIpc) is 2.64. The predicted octanol–water partition coefficient (Wildman–Crippen LogP) is 4.96. The lowest BCUT2D eigenvalue weighted by atomic mass is 9.74. The second-order valence-electron chi connectivity index (χ2n) is 8.03. The van der Waals surface area contributed by atoms with E-state index in [9.17, 15) is 19.2 Å². The van der Waals surface area contributed by atoms with Gasteiger partial charge in [0.05, 0.1) is 10.8 Å². The van der Waals surface area contributed by atoms with Crippen molar-refractivity contribution in [3.05, 3.63) is 0 Å². The third-order valence-corrected chi connectivity index (χ3v) is 5.60. The first-order chi connectivity index (χ1) is 13.6.